The number of aromatic nitrogens is 4. The zero-order valence-electron chi connectivity index (χ0n) is 7.11. The van der Waals surface area contributed by atoms with Gasteiger partial charge in [-0.15, -0.1) is 0 Å². The van der Waals surface area contributed by atoms with Gasteiger partial charge in [-0.1, -0.05) is 0 Å². The molecule has 0 aliphatic heterocycles. The van der Waals surface area contributed by atoms with Crippen molar-refractivity contribution in [3.05, 3.63) is 27.9 Å². The molecule has 0 saturated carbocycles. The Labute approximate surface area is 73.4 Å². The largest absolute Gasteiger partial charge is 0.326 e. The first-order valence-corrected chi connectivity index (χ1v) is 3.85. The van der Waals surface area contributed by atoms with Crippen LogP contribution in [-0.4, -0.2) is 19.6 Å². The van der Waals surface area contributed by atoms with Gasteiger partial charge in [0.2, 0.25) is 5.78 Å². The minimum atomic E-state index is -0.154. The summed E-state index contributed by atoms with van der Waals surface area (Å²) in [5.74, 6) is 1.03. The number of aryl methyl sites for hydroxylation is 1. The number of nitrogens with two attached hydrogens (primary N) is 1. The fourth-order valence-electron chi connectivity index (χ4n) is 1.19. The van der Waals surface area contributed by atoms with Crippen LogP contribution in [0.5, 0.6) is 0 Å². The van der Waals surface area contributed by atoms with E-state index >= 15 is 0 Å². The molecule has 0 saturated heterocycles. The number of nitrogens with one attached hydrogen (secondary N) is 1. The standard InChI is InChI=1S/C7H9N5O/c1-4-10-11-7-9-3-5(2-8)6(13)12(4)7/h3H,2,8H2,1H3,(H,9,11). The average Bonchev–Trinajstić information content (AvgIpc) is 2.49. The molecule has 6 nitrogen and oxygen atoms in total. The molecule has 2 aromatic rings. The van der Waals surface area contributed by atoms with Gasteiger partial charge in [-0.05, 0) is 6.92 Å². The predicted molar refractivity (Wildman–Crippen MR) is 46.2 cm³/mol. The molecule has 68 valence electrons. The van der Waals surface area contributed by atoms with Crippen LogP contribution in [-0.2, 0) is 6.54 Å². The number of rotatable bonds is 1. The zero-order valence-corrected chi connectivity index (χ0v) is 7.11. The molecular formula is C7H9N5O. The van der Waals surface area contributed by atoms with Crippen molar-refractivity contribution in [2.75, 3.05) is 0 Å². The van der Waals surface area contributed by atoms with Crippen molar-refractivity contribution in [3.8, 4) is 0 Å². The van der Waals surface area contributed by atoms with E-state index in [1.807, 2.05) is 0 Å². The van der Waals surface area contributed by atoms with Crippen LogP contribution in [0, 0.1) is 6.92 Å². The normalized spacial score (nSPS) is 10.9. The van der Waals surface area contributed by atoms with Crippen LogP contribution in [0.2, 0.25) is 0 Å². The number of fused-ring (bicyclic) bond motifs is 1. The number of nitrogens with zero attached hydrogens (tertiary/aromatic N) is 3. The van der Waals surface area contributed by atoms with E-state index in [2.05, 4.69) is 15.2 Å². The molecule has 0 bridgehead atoms. The fraction of sp³-hybridized carbons (Fsp3) is 0.286. The Balaban J connectivity index is 2.92. The first kappa shape index (κ1) is 7.93. The third kappa shape index (κ3) is 1.03. The van der Waals surface area contributed by atoms with Crippen molar-refractivity contribution in [2.24, 2.45) is 5.73 Å². The van der Waals surface area contributed by atoms with Crippen LogP contribution < -0.4 is 11.3 Å². The lowest BCUT2D eigenvalue weighted by Crippen LogP contribution is -2.21. The molecule has 0 fully saturated rings. The molecule has 0 radical (unpaired) electrons. The first-order chi connectivity index (χ1) is 6.24. The predicted octanol–water partition coefficient (Wildman–Crippen LogP) is -0.815. The lowest BCUT2D eigenvalue weighted by atomic mass is 10.3. The number of hydrogen-bond donors (Lipinski definition) is 2. The Morgan fingerprint density at radius 1 is 1.69 bits per heavy atom. The average molecular weight is 179 g/mol. The van der Waals surface area contributed by atoms with Crippen LogP contribution in [0.4, 0.5) is 0 Å². The van der Waals surface area contributed by atoms with Gasteiger partial charge in [-0.3, -0.25) is 4.79 Å². The number of H-pyrrole nitrogens is 1. The van der Waals surface area contributed by atoms with E-state index in [4.69, 9.17) is 5.73 Å². The van der Waals surface area contributed by atoms with Crippen LogP contribution in [0.1, 0.15) is 11.4 Å². The molecule has 0 aliphatic carbocycles. The van der Waals surface area contributed by atoms with Crippen molar-refractivity contribution in [3.63, 3.8) is 0 Å². The highest BCUT2D eigenvalue weighted by molar-refractivity contribution is 5.28. The monoisotopic (exact) mass is 179 g/mol. The Morgan fingerprint density at radius 2 is 2.46 bits per heavy atom. The molecule has 6 heteroatoms. The topological polar surface area (TPSA) is 89.1 Å². The summed E-state index contributed by atoms with van der Waals surface area (Å²) >= 11 is 0. The van der Waals surface area contributed by atoms with Gasteiger partial charge in [0.1, 0.15) is 5.82 Å². The van der Waals surface area contributed by atoms with Gasteiger partial charge in [-0.25, -0.2) is 14.5 Å². The molecule has 0 atom stereocenters. The molecule has 0 unspecified atom stereocenters. The summed E-state index contributed by atoms with van der Waals surface area (Å²) in [5.41, 5.74) is 5.71. The van der Waals surface area contributed by atoms with Gasteiger partial charge >= 0.3 is 0 Å². The Hall–Kier alpha value is -1.69. The van der Waals surface area contributed by atoms with Gasteiger partial charge in [0.05, 0.1) is 0 Å². The van der Waals surface area contributed by atoms with Gasteiger partial charge in [-0.2, -0.15) is 5.10 Å². The minimum absolute atomic E-state index is 0.154. The Morgan fingerprint density at radius 3 is 3.15 bits per heavy atom. The maximum Gasteiger partial charge on any atom is 0.265 e. The van der Waals surface area contributed by atoms with Crippen molar-refractivity contribution >= 4 is 5.78 Å². The molecule has 2 heterocycles. The summed E-state index contributed by atoms with van der Waals surface area (Å²) in [5, 5.41) is 6.51. The Kier molecular flexibility index (Phi) is 1.63. The van der Waals surface area contributed by atoms with Crippen LogP contribution in [0.25, 0.3) is 5.78 Å². The maximum atomic E-state index is 11.6. The van der Waals surface area contributed by atoms with Gasteiger partial charge in [0.15, 0.2) is 0 Å². The van der Waals surface area contributed by atoms with Gasteiger partial charge in [0.25, 0.3) is 5.56 Å². The zero-order chi connectivity index (χ0) is 9.42. The summed E-state index contributed by atoms with van der Waals surface area (Å²) in [6, 6.07) is 0. The highest BCUT2D eigenvalue weighted by atomic mass is 16.1. The van der Waals surface area contributed by atoms with E-state index in [1.54, 1.807) is 6.92 Å². The molecular weight excluding hydrogens is 170 g/mol. The molecule has 13 heavy (non-hydrogen) atoms. The third-order valence-corrected chi connectivity index (χ3v) is 1.89. The molecule has 0 aliphatic rings. The third-order valence-electron chi connectivity index (χ3n) is 1.89. The Bertz CT molecular complexity index is 497. The maximum absolute atomic E-state index is 11.6. The van der Waals surface area contributed by atoms with E-state index in [0.717, 1.165) is 0 Å². The smallest absolute Gasteiger partial charge is 0.265 e. The summed E-state index contributed by atoms with van der Waals surface area (Å²) in [7, 11) is 0. The summed E-state index contributed by atoms with van der Waals surface area (Å²) in [6.07, 6.45) is 1.47. The summed E-state index contributed by atoms with van der Waals surface area (Å²) < 4.78 is 1.40. The molecule has 0 spiro atoms. The van der Waals surface area contributed by atoms with Crippen LogP contribution in [0.3, 0.4) is 0 Å². The fourth-order valence-corrected chi connectivity index (χ4v) is 1.19. The van der Waals surface area contributed by atoms with Crippen molar-refractivity contribution < 1.29 is 0 Å². The van der Waals surface area contributed by atoms with E-state index in [1.165, 1.54) is 10.6 Å². The minimum Gasteiger partial charge on any atom is -0.326 e. The van der Waals surface area contributed by atoms with Crippen LogP contribution in [0.15, 0.2) is 11.0 Å². The van der Waals surface area contributed by atoms with Gasteiger partial charge in [0, 0.05) is 18.3 Å². The second kappa shape index (κ2) is 2.67. The molecule has 2 rings (SSSR count). The quantitative estimate of drug-likeness (QED) is 0.598. The number of aromatic amines is 1. The first-order valence-electron chi connectivity index (χ1n) is 3.85. The van der Waals surface area contributed by atoms with Crippen molar-refractivity contribution in [1.29, 1.82) is 0 Å². The second-order valence-corrected chi connectivity index (χ2v) is 2.72. The van der Waals surface area contributed by atoms with Gasteiger partial charge < -0.3 is 5.73 Å². The molecule has 0 aromatic carbocycles. The van der Waals surface area contributed by atoms with E-state index in [0.29, 0.717) is 17.2 Å². The summed E-state index contributed by atoms with van der Waals surface area (Å²) in [4.78, 5) is 15.6. The lowest BCUT2D eigenvalue weighted by molar-refractivity contribution is 0.920. The lowest BCUT2D eigenvalue weighted by Gasteiger charge is -1.96. The van der Waals surface area contributed by atoms with Crippen LogP contribution >= 0.6 is 0 Å². The van der Waals surface area contributed by atoms with E-state index in [-0.39, 0.29) is 12.1 Å². The molecule has 0 amide bonds. The van der Waals surface area contributed by atoms with Crippen molar-refractivity contribution in [2.45, 2.75) is 13.5 Å². The van der Waals surface area contributed by atoms with Crippen molar-refractivity contribution in [1.82, 2.24) is 19.6 Å². The highest BCUT2D eigenvalue weighted by Crippen LogP contribution is 1.95. The molecule has 3 N–H and O–H groups in total. The SMILES string of the molecule is Cc1n[nH]c2ncc(CN)c(=O)n12. The van der Waals surface area contributed by atoms with E-state index < -0.39 is 0 Å². The highest BCUT2D eigenvalue weighted by Gasteiger charge is 2.06. The second-order valence-electron chi connectivity index (χ2n) is 2.72. The summed E-state index contributed by atoms with van der Waals surface area (Å²) in [6.45, 7) is 1.92. The molecule has 2 aromatic heterocycles. The number of hydrogen-bond acceptors (Lipinski definition) is 4. The van der Waals surface area contributed by atoms with E-state index in [9.17, 15) is 4.79 Å².